The zero-order valence-electron chi connectivity index (χ0n) is 14.0. The van der Waals surface area contributed by atoms with Crippen LogP contribution in [0.15, 0.2) is 36.5 Å². The summed E-state index contributed by atoms with van der Waals surface area (Å²) in [4.78, 5) is 17.0. The van der Waals surface area contributed by atoms with Crippen LogP contribution >= 0.6 is 11.3 Å². The van der Waals surface area contributed by atoms with E-state index < -0.39 is 0 Å². The zero-order valence-corrected chi connectivity index (χ0v) is 14.8. The van der Waals surface area contributed by atoms with Crippen molar-refractivity contribution >= 4 is 22.4 Å². The number of carbonyl (C=O) groups excluding carboxylic acids is 1. The van der Waals surface area contributed by atoms with E-state index in [4.69, 9.17) is 4.74 Å². The lowest BCUT2D eigenvalue weighted by Gasteiger charge is -2.25. The lowest BCUT2D eigenvalue weighted by Crippen LogP contribution is -2.28. The van der Waals surface area contributed by atoms with Crippen molar-refractivity contribution in [3.8, 4) is 5.75 Å². The van der Waals surface area contributed by atoms with Crippen molar-refractivity contribution < 1.29 is 14.6 Å². The predicted octanol–water partition coefficient (Wildman–Crippen LogP) is 2.67. The van der Waals surface area contributed by atoms with Gasteiger partial charge in [-0.2, -0.15) is 0 Å². The smallest absolute Gasteiger partial charge is 0.263 e. The summed E-state index contributed by atoms with van der Waals surface area (Å²) >= 11 is 1.35. The molecule has 1 heterocycles. The molecule has 134 valence electrons. The molecule has 0 saturated heterocycles. The number of amides is 1. The van der Waals surface area contributed by atoms with Gasteiger partial charge >= 0.3 is 0 Å². The highest BCUT2D eigenvalue weighted by atomic mass is 32.1. The molecule has 1 aromatic heterocycles. The molecule has 0 unspecified atom stereocenters. The van der Waals surface area contributed by atoms with E-state index in [9.17, 15) is 9.90 Å². The molecule has 0 radical (unpaired) electrons. The van der Waals surface area contributed by atoms with Gasteiger partial charge in [-0.1, -0.05) is 29.5 Å². The van der Waals surface area contributed by atoms with Gasteiger partial charge in [0, 0.05) is 6.04 Å². The molecular weight excluding hydrogens is 338 g/mol. The second-order valence-electron chi connectivity index (χ2n) is 6.10. The number of para-hydroxylation sites is 1. The van der Waals surface area contributed by atoms with Crippen molar-refractivity contribution in [2.45, 2.75) is 37.8 Å². The molecule has 1 fully saturated rings. The Bertz CT molecular complexity index is 669. The topological polar surface area (TPSA) is 83.5 Å². The van der Waals surface area contributed by atoms with Gasteiger partial charge in [0.1, 0.15) is 17.2 Å². The van der Waals surface area contributed by atoms with Crippen LogP contribution in [0.25, 0.3) is 0 Å². The number of hydrogen-bond acceptors (Lipinski definition) is 6. The van der Waals surface area contributed by atoms with Gasteiger partial charge in [0.15, 0.2) is 5.13 Å². The Kier molecular flexibility index (Phi) is 6.25. The molecule has 0 bridgehead atoms. The van der Waals surface area contributed by atoms with E-state index in [1.807, 2.05) is 30.3 Å². The summed E-state index contributed by atoms with van der Waals surface area (Å²) in [6.45, 7) is 0.860. The van der Waals surface area contributed by atoms with E-state index in [0.29, 0.717) is 24.1 Å². The molecule has 0 aliphatic heterocycles. The fourth-order valence-corrected chi connectivity index (χ4v) is 3.59. The van der Waals surface area contributed by atoms with Gasteiger partial charge in [-0.3, -0.25) is 4.79 Å². The van der Waals surface area contributed by atoms with Gasteiger partial charge < -0.3 is 20.5 Å². The minimum Gasteiger partial charge on any atom is -0.492 e. The van der Waals surface area contributed by atoms with Crippen molar-refractivity contribution in [1.82, 2.24) is 10.3 Å². The van der Waals surface area contributed by atoms with E-state index in [2.05, 4.69) is 15.6 Å². The number of anilines is 1. The van der Waals surface area contributed by atoms with Crippen LogP contribution in [0.2, 0.25) is 0 Å². The first kappa shape index (κ1) is 17.7. The van der Waals surface area contributed by atoms with E-state index >= 15 is 0 Å². The minimum atomic E-state index is -0.172. The summed E-state index contributed by atoms with van der Waals surface area (Å²) in [6, 6.07) is 9.84. The van der Waals surface area contributed by atoms with Gasteiger partial charge in [-0.05, 0) is 37.8 Å². The van der Waals surface area contributed by atoms with Gasteiger partial charge in [-0.25, -0.2) is 4.98 Å². The minimum absolute atomic E-state index is 0.138. The number of ether oxygens (including phenoxy) is 1. The molecular formula is C18H23N3O3S. The summed E-state index contributed by atoms with van der Waals surface area (Å²) in [5.74, 6) is 0.653. The van der Waals surface area contributed by atoms with Crippen LogP contribution in [0, 0.1) is 0 Å². The summed E-state index contributed by atoms with van der Waals surface area (Å²) < 4.78 is 5.55. The van der Waals surface area contributed by atoms with E-state index in [1.165, 1.54) is 11.3 Å². The molecule has 0 atom stereocenters. The Labute approximate surface area is 151 Å². The zero-order chi connectivity index (χ0) is 17.5. The first-order valence-corrected chi connectivity index (χ1v) is 9.39. The van der Waals surface area contributed by atoms with E-state index in [-0.39, 0.29) is 12.0 Å². The van der Waals surface area contributed by atoms with Crippen molar-refractivity contribution in [2.75, 3.05) is 18.5 Å². The third-order valence-corrected chi connectivity index (χ3v) is 5.08. The Balaban J connectivity index is 1.40. The Hall–Kier alpha value is -2.12. The Morgan fingerprint density at radius 2 is 2.00 bits per heavy atom. The molecule has 3 N–H and O–H groups in total. The molecule has 1 aliphatic rings. The van der Waals surface area contributed by atoms with E-state index in [0.717, 1.165) is 36.6 Å². The number of nitrogens with zero attached hydrogens (tertiary/aromatic N) is 1. The molecule has 1 aliphatic carbocycles. The molecule has 1 amide bonds. The average molecular weight is 361 g/mol. The van der Waals surface area contributed by atoms with Crippen molar-refractivity contribution in [2.24, 2.45) is 0 Å². The fraction of sp³-hybridized carbons (Fsp3) is 0.444. The van der Waals surface area contributed by atoms with Crippen LogP contribution in [0.3, 0.4) is 0 Å². The number of carbonyl (C=O) groups is 1. The number of nitrogens with one attached hydrogen (secondary N) is 2. The summed E-state index contributed by atoms with van der Waals surface area (Å²) in [6.07, 6.45) is 4.92. The molecule has 7 heteroatoms. The van der Waals surface area contributed by atoms with Crippen LogP contribution in [-0.4, -0.2) is 41.3 Å². The van der Waals surface area contributed by atoms with Crippen LogP contribution in [-0.2, 0) is 0 Å². The molecule has 6 nitrogen and oxygen atoms in total. The summed E-state index contributed by atoms with van der Waals surface area (Å²) in [5, 5.41) is 16.5. The number of benzene rings is 1. The van der Waals surface area contributed by atoms with Crippen LogP contribution in [0.5, 0.6) is 5.75 Å². The maximum absolute atomic E-state index is 12.1. The lowest BCUT2D eigenvalue weighted by atomic mass is 9.93. The largest absolute Gasteiger partial charge is 0.492 e. The Morgan fingerprint density at radius 3 is 2.76 bits per heavy atom. The highest BCUT2D eigenvalue weighted by molar-refractivity contribution is 7.17. The normalized spacial score (nSPS) is 20.0. The quantitative estimate of drug-likeness (QED) is 0.661. The SMILES string of the molecule is O=C(NCCOc1ccccc1)c1cnc(NC2CCC(O)CC2)s1. The number of hydrogen-bond donors (Lipinski definition) is 3. The number of aromatic nitrogens is 1. The van der Waals surface area contributed by atoms with Gasteiger partial charge in [0.05, 0.1) is 18.8 Å². The second kappa shape index (κ2) is 8.82. The highest BCUT2D eigenvalue weighted by Crippen LogP contribution is 2.25. The number of aliphatic hydroxyl groups is 1. The number of thiazole rings is 1. The van der Waals surface area contributed by atoms with Crippen LogP contribution in [0.4, 0.5) is 5.13 Å². The van der Waals surface area contributed by atoms with Crippen LogP contribution < -0.4 is 15.4 Å². The summed E-state index contributed by atoms with van der Waals surface area (Å²) in [5.41, 5.74) is 0. The monoisotopic (exact) mass is 361 g/mol. The maximum Gasteiger partial charge on any atom is 0.263 e. The average Bonchev–Trinajstić information content (AvgIpc) is 3.10. The standard InChI is InChI=1S/C18H23N3O3S/c22-14-8-6-13(7-9-14)21-18-20-12-16(25-18)17(23)19-10-11-24-15-4-2-1-3-5-15/h1-5,12-14,22H,6-11H2,(H,19,23)(H,20,21). The first-order chi connectivity index (χ1) is 12.2. The third kappa shape index (κ3) is 5.44. The number of rotatable bonds is 7. The Morgan fingerprint density at radius 1 is 1.24 bits per heavy atom. The van der Waals surface area contributed by atoms with E-state index in [1.54, 1.807) is 6.20 Å². The van der Waals surface area contributed by atoms with Crippen LogP contribution in [0.1, 0.15) is 35.4 Å². The van der Waals surface area contributed by atoms with Gasteiger partial charge in [0.25, 0.3) is 5.91 Å². The van der Waals surface area contributed by atoms with Gasteiger partial charge in [0.2, 0.25) is 0 Å². The molecule has 25 heavy (non-hydrogen) atoms. The first-order valence-electron chi connectivity index (χ1n) is 8.57. The molecule has 0 spiro atoms. The predicted molar refractivity (Wildman–Crippen MR) is 98.3 cm³/mol. The molecule has 1 saturated carbocycles. The van der Waals surface area contributed by atoms with Crippen molar-refractivity contribution in [1.29, 1.82) is 0 Å². The second-order valence-corrected chi connectivity index (χ2v) is 7.13. The molecule has 2 aromatic rings. The van der Waals surface area contributed by atoms with Gasteiger partial charge in [-0.15, -0.1) is 0 Å². The fourth-order valence-electron chi connectivity index (χ4n) is 2.78. The van der Waals surface area contributed by atoms with Crippen molar-refractivity contribution in [3.05, 3.63) is 41.4 Å². The highest BCUT2D eigenvalue weighted by Gasteiger charge is 2.20. The maximum atomic E-state index is 12.1. The molecule has 1 aromatic carbocycles. The molecule has 3 rings (SSSR count). The lowest BCUT2D eigenvalue weighted by molar-refractivity contribution is 0.0951. The third-order valence-electron chi connectivity index (χ3n) is 4.15. The number of aliphatic hydroxyl groups excluding tert-OH is 1. The van der Waals surface area contributed by atoms with Crippen molar-refractivity contribution in [3.63, 3.8) is 0 Å². The summed E-state index contributed by atoms with van der Waals surface area (Å²) in [7, 11) is 0.